The fourth-order valence-corrected chi connectivity index (χ4v) is 19.8. The molecule has 0 amide bonds. The number of benzene rings is 13. The van der Waals surface area contributed by atoms with E-state index >= 15 is 0 Å². The summed E-state index contributed by atoms with van der Waals surface area (Å²) < 4.78 is 15.2. The molecule has 0 atom stereocenters. The SMILES string of the molecule is CC(C)c1cccc(C(C)C)c1-n1ncnc1-c1[c-]cc2scnc2c1.Cc1cc(-c2ccccc2)cc(C)c1-n1ncnc1-c1[c-]cc2scnc2c1.Cc1cc(C)c(-n2ncnc2-c2[c-]cc3scnc3c2)c(C)c1.Cc1cccc(C)c1-n1ncnc1-c1[c-]cc2scnc2c1.[Ir].[Ir].[Ir].[Ir].[Ir].[c-]1cc2scnc2cc1-c1ncnn1-c1c(-c2ccccc2)cccc1-c1ccccc1. The van der Waals surface area contributed by atoms with Crippen molar-refractivity contribution in [3.63, 3.8) is 0 Å². The molecule has 20 nitrogen and oxygen atoms in total. The van der Waals surface area contributed by atoms with Gasteiger partial charge in [0.25, 0.3) is 0 Å². The zero-order chi connectivity index (χ0) is 89.8. The van der Waals surface area contributed by atoms with Gasteiger partial charge in [0.15, 0.2) is 0 Å². The zero-order valence-electron chi connectivity index (χ0n) is 75.0. The molecule has 0 spiro atoms. The summed E-state index contributed by atoms with van der Waals surface area (Å²) in [5.74, 6) is 4.67. The molecular weight excluding hydrogens is 2670 g/mol. The molecule has 10 heterocycles. The summed E-state index contributed by atoms with van der Waals surface area (Å²) in [7, 11) is 0. The molecule has 0 aliphatic rings. The first-order valence-corrected chi connectivity index (χ1v) is 46.9. The third-order valence-corrected chi connectivity index (χ3v) is 26.5. The van der Waals surface area contributed by atoms with Crippen LogP contribution in [0.1, 0.15) is 89.6 Å². The van der Waals surface area contributed by atoms with Gasteiger partial charge in [0.1, 0.15) is 31.6 Å². The van der Waals surface area contributed by atoms with E-state index in [9.17, 15) is 0 Å². The zero-order valence-corrected chi connectivity index (χ0v) is 91.1. The summed E-state index contributed by atoms with van der Waals surface area (Å²) in [6.45, 7) is 23.6. The Morgan fingerprint density at radius 3 is 0.801 bits per heavy atom. The quantitative estimate of drug-likeness (QED) is 0.0872. The predicted molar refractivity (Wildman–Crippen MR) is 532 cm³/mol. The minimum atomic E-state index is 0. The van der Waals surface area contributed by atoms with Crippen molar-refractivity contribution < 1.29 is 101 Å². The average molecular weight is 2760 g/mol. The van der Waals surface area contributed by atoms with E-state index in [1.54, 1.807) is 88.3 Å². The molecule has 30 heteroatoms. The minimum absolute atomic E-state index is 0. The molecule has 0 aliphatic heterocycles. The maximum atomic E-state index is 4.67. The van der Waals surface area contributed by atoms with Crippen molar-refractivity contribution >= 4 is 108 Å². The Kier molecular flexibility index (Phi) is 33.2. The Morgan fingerprint density at radius 1 is 0.243 bits per heavy atom. The first kappa shape index (κ1) is 100. The number of rotatable bonds is 15. The summed E-state index contributed by atoms with van der Waals surface area (Å²) in [6, 6.07) is 95.7. The first-order valence-electron chi connectivity index (χ1n) is 42.5. The molecule has 10 aromatic heterocycles. The van der Waals surface area contributed by atoms with Crippen LogP contribution in [0.15, 0.2) is 290 Å². The van der Waals surface area contributed by atoms with Crippen molar-refractivity contribution in [3.05, 3.63) is 370 Å². The average Bonchev–Trinajstić information content (AvgIpc) is 1.41. The molecule has 23 rings (SSSR count). The largest absolute Gasteiger partial charge is 0.265 e. The summed E-state index contributed by atoms with van der Waals surface area (Å²) in [5.41, 5.74) is 41.5. The molecule has 0 unspecified atom stereocenters. The molecular formula is C106H83Ir5N20S5-5. The summed E-state index contributed by atoms with van der Waals surface area (Å²) in [5, 5.41) is 22.6. The van der Waals surface area contributed by atoms with E-state index in [4.69, 9.17) is 0 Å². The van der Waals surface area contributed by atoms with Crippen LogP contribution in [-0.2, 0) is 101 Å². The smallest absolute Gasteiger partial charge is 0.127 e. The number of nitrogens with zero attached hydrogens (tertiary/aromatic N) is 20. The van der Waals surface area contributed by atoms with Crippen LogP contribution in [0.4, 0.5) is 0 Å². The number of aromatic nitrogens is 20. The Labute approximate surface area is 874 Å². The topological polar surface area (TPSA) is 218 Å². The van der Waals surface area contributed by atoms with Crippen LogP contribution in [0.3, 0.4) is 0 Å². The van der Waals surface area contributed by atoms with Crippen molar-refractivity contribution in [1.29, 1.82) is 0 Å². The summed E-state index contributed by atoms with van der Waals surface area (Å²) >= 11 is 8.07. The molecule has 687 valence electrons. The molecule has 0 saturated carbocycles. The van der Waals surface area contributed by atoms with E-state index in [2.05, 4.69) is 333 Å². The van der Waals surface area contributed by atoms with Crippen LogP contribution in [0.5, 0.6) is 0 Å². The minimum Gasteiger partial charge on any atom is -0.265 e. The van der Waals surface area contributed by atoms with Gasteiger partial charge < -0.3 is 0 Å². The molecule has 0 saturated heterocycles. The Morgan fingerprint density at radius 2 is 0.500 bits per heavy atom. The second-order valence-electron chi connectivity index (χ2n) is 32.1. The van der Waals surface area contributed by atoms with Crippen molar-refractivity contribution in [2.45, 2.75) is 88.0 Å². The maximum absolute atomic E-state index is 4.67. The molecule has 5 radical (unpaired) electrons. The van der Waals surface area contributed by atoms with Crippen molar-refractivity contribution in [1.82, 2.24) is 98.7 Å². The standard InChI is InChI=1S/C27H17N4S.C23H17N4S.C21H21N4S.C18H15N4S.C17H13N4S.5Ir/c1-3-8-19(9-4-1)22-12-7-13-23(20-10-5-2-6-11-20)26(22)31-27(28-17-30-31)21-14-15-25-24(16-21)29-18-32-25;1-15-10-19(17-6-4-3-5-7-17)11-16(2)22(15)27-23(24-13-26-27)18-8-9-21-20(12-18)25-14-28-21;1-13(2)16-6-5-7-17(14(3)4)20(16)25-21(22-11-24-25)15-8-9-19-18(10-15)23-12-26-19;1-11-6-12(2)17(13(3)7-11)22-18(19-9-21-22)14-4-5-16-15(8-14)20-10-23-16;1-11-4-3-5-12(2)16(11)21-17(18-9-20-21)13-6-7-15-14(8-13)19-10-22-15;;;;;/h1-13,15-18H;3-7,9-14H,1-2H3;5-7,9-14H,1-4H3;5-10H,1-3H3;3-5,7-10H,1-2H3;;;;;/q5*-1;;;;;. The van der Waals surface area contributed by atoms with E-state index in [0.29, 0.717) is 11.8 Å². The summed E-state index contributed by atoms with van der Waals surface area (Å²) in [6.07, 6.45) is 7.99. The number of hydrogen-bond acceptors (Lipinski definition) is 20. The first-order chi connectivity index (χ1) is 64.0. The van der Waals surface area contributed by atoms with Gasteiger partial charge in [-0.25, -0.2) is 0 Å². The van der Waals surface area contributed by atoms with Crippen LogP contribution >= 0.6 is 56.7 Å². The Bertz CT molecular complexity index is 7880. The Balaban J connectivity index is 0.000000136. The van der Waals surface area contributed by atoms with Gasteiger partial charge in [-0.2, -0.15) is 82.2 Å². The van der Waals surface area contributed by atoms with Gasteiger partial charge in [-0.1, -0.05) is 191 Å². The van der Waals surface area contributed by atoms with Crippen LogP contribution in [0.2, 0.25) is 0 Å². The van der Waals surface area contributed by atoms with Gasteiger partial charge in [-0.3, -0.25) is 73.2 Å². The van der Waals surface area contributed by atoms with E-state index in [1.165, 1.54) is 50.1 Å². The number of fused-ring (bicyclic) bond motifs is 5. The summed E-state index contributed by atoms with van der Waals surface area (Å²) in [4.78, 5) is 44.6. The maximum Gasteiger partial charge on any atom is 0.127 e. The molecule has 0 N–H and O–H groups in total. The third kappa shape index (κ3) is 21.2. The van der Waals surface area contributed by atoms with Gasteiger partial charge in [0, 0.05) is 112 Å². The Hall–Kier alpha value is -11.7. The molecule has 23 aromatic rings. The van der Waals surface area contributed by atoms with Gasteiger partial charge in [0.05, 0.1) is 85.1 Å². The fraction of sp³-hybridized carbons (Fsp3) is 0.123. The van der Waals surface area contributed by atoms with E-state index in [1.807, 2.05) is 130 Å². The van der Waals surface area contributed by atoms with Crippen LogP contribution in [0.25, 0.3) is 170 Å². The second-order valence-corrected chi connectivity index (χ2v) is 36.5. The van der Waals surface area contributed by atoms with Crippen molar-refractivity contribution in [2.75, 3.05) is 0 Å². The molecule has 0 fully saturated rings. The van der Waals surface area contributed by atoms with Gasteiger partial charge in [-0.15, -0.1) is 119 Å². The predicted octanol–water partition coefficient (Wildman–Crippen LogP) is 26.1. The van der Waals surface area contributed by atoms with Crippen LogP contribution in [0, 0.1) is 78.8 Å². The molecule has 13 aromatic carbocycles. The van der Waals surface area contributed by atoms with Gasteiger partial charge >= 0.3 is 0 Å². The van der Waals surface area contributed by atoms with E-state index in [0.717, 1.165) is 170 Å². The van der Waals surface area contributed by atoms with Crippen molar-refractivity contribution in [2.24, 2.45) is 0 Å². The number of aryl methyl sites for hydroxylation is 7. The fourth-order valence-electron chi connectivity index (χ4n) is 16.6. The van der Waals surface area contributed by atoms with E-state index < -0.39 is 0 Å². The molecule has 136 heavy (non-hydrogen) atoms. The number of hydrogen-bond donors (Lipinski definition) is 0. The molecule has 0 aliphatic carbocycles. The number of para-hydroxylation sites is 3. The normalized spacial score (nSPS) is 10.9. The van der Waals surface area contributed by atoms with E-state index in [-0.39, 0.29) is 101 Å². The van der Waals surface area contributed by atoms with Gasteiger partial charge in [-0.05, 0) is 190 Å². The monoisotopic (exact) mass is 2760 g/mol. The van der Waals surface area contributed by atoms with Crippen molar-refractivity contribution in [3.8, 4) is 119 Å². The van der Waals surface area contributed by atoms with Crippen LogP contribution < -0.4 is 0 Å². The molecule has 0 bridgehead atoms. The van der Waals surface area contributed by atoms with Crippen LogP contribution in [-0.4, -0.2) is 98.7 Å². The third-order valence-electron chi connectivity index (χ3n) is 22.5. The van der Waals surface area contributed by atoms with Gasteiger partial charge in [0.2, 0.25) is 0 Å². The second kappa shape index (κ2) is 45.0. The number of thiazole rings is 5.